The monoisotopic (exact) mass is 724 g/mol. The first-order chi connectivity index (χ1) is 22.5. The van der Waals surface area contributed by atoms with Gasteiger partial charge in [0.2, 0.25) is 5.91 Å². The quantitative estimate of drug-likeness (QED) is 0.0746. The van der Waals surface area contributed by atoms with Crippen molar-refractivity contribution in [3.05, 3.63) is 58.1 Å². The summed E-state index contributed by atoms with van der Waals surface area (Å²) >= 11 is 5.99. The molecule has 0 aliphatic carbocycles. The Labute approximate surface area is 284 Å². The summed E-state index contributed by atoms with van der Waals surface area (Å²) in [5.41, 5.74) is 0.736. The minimum Gasteiger partial charge on any atom is -0.444 e. The Morgan fingerprint density at radius 2 is 1.49 bits per heavy atom. The Bertz CT molecular complexity index is 1460. The van der Waals surface area contributed by atoms with Crippen LogP contribution in [0.2, 0.25) is 5.02 Å². The van der Waals surface area contributed by atoms with Crippen LogP contribution in [-0.2, 0) is 26.7 Å². The van der Waals surface area contributed by atoms with E-state index in [2.05, 4.69) is 10.6 Å². The van der Waals surface area contributed by atoms with Gasteiger partial charge in [0.05, 0.1) is 22.7 Å². The second kappa shape index (κ2) is 17.1. The molecule has 0 aromatic heterocycles. The Kier molecular flexibility index (Phi) is 14.3. The first-order valence-corrected chi connectivity index (χ1v) is 15.5. The predicted octanol–water partition coefficient (Wildman–Crippen LogP) is 7.09. The van der Waals surface area contributed by atoms with Gasteiger partial charge in [0.25, 0.3) is 5.91 Å². The van der Waals surface area contributed by atoms with Crippen LogP contribution < -0.4 is 26.4 Å². The molecule has 3 amide bonds. The summed E-state index contributed by atoms with van der Waals surface area (Å²) in [6.07, 6.45) is -9.68. The second-order valence-electron chi connectivity index (χ2n) is 12.5. The number of amides is 3. The number of unbranched alkanes of at least 4 members (excludes halogenated alkanes) is 1. The van der Waals surface area contributed by atoms with E-state index in [9.17, 15) is 45.5 Å². The number of halogens is 7. The van der Waals surface area contributed by atoms with Gasteiger partial charge in [-0.2, -0.15) is 26.3 Å². The highest BCUT2D eigenvalue weighted by molar-refractivity contribution is 6.31. The lowest BCUT2D eigenvalue weighted by Crippen LogP contribution is -2.50. The van der Waals surface area contributed by atoms with Gasteiger partial charge in [-0.1, -0.05) is 25.4 Å². The summed E-state index contributed by atoms with van der Waals surface area (Å²) in [7, 11) is 0. The second-order valence-corrected chi connectivity index (χ2v) is 13.0. The zero-order chi connectivity index (χ0) is 37.3. The molecular weight excluding hydrogens is 686 g/mol. The molecule has 272 valence electrons. The molecule has 0 heterocycles. The third-order valence-electron chi connectivity index (χ3n) is 6.50. The van der Waals surface area contributed by atoms with Crippen molar-refractivity contribution in [2.75, 3.05) is 11.9 Å². The minimum absolute atomic E-state index is 0.0655. The average molecular weight is 725 g/mol. The fourth-order valence-corrected chi connectivity index (χ4v) is 4.43. The van der Waals surface area contributed by atoms with Crippen LogP contribution in [-0.4, -0.2) is 48.1 Å². The zero-order valence-corrected chi connectivity index (χ0v) is 28.2. The number of carbonyl (C=O) groups excluding carboxylic acids is 4. The van der Waals surface area contributed by atoms with E-state index in [0.29, 0.717) is 25.0 Å². The molecule has 0 aliphatic rings. The lowest BCUT2D eigenvalue weighted by molar-refractivity contribution is -0.143. The minimum atomic E-state index is -5.16. The number of nitrogens with one attached hydrogen (secondary N) is 3. The number of hydrogen-bond donors (Lipinski definition) is 4. The highest BCUT2D eigenvalue weighted by Crippen LogP contribution is 2.38. The molecule has 2 aromatic rings. The van der Waals surface area contributed by atoms with Crippen molar-refractivity contribution in [2.24, 2.45) is 11.7 Å². The third-order valence-corrected chi connectivity index (χ3v) is 6.73. The van der Waals surface area contributed by atoms with Gasteiger partial charge in [0, 0.05) is 17.3 Å². The van der Waals surface area contributed by atoms with Gasteiger partial charge in [-0.3, -0.25) is 9.59 Å². The lowest BCUT2D eigenvalue weighted by atomic mass is 10.0. The van der Waals surface area contributed by atoms with Crippen LogP contribution >= 0.6 is 11.6 Å². The van der Waals surface area contributed by atoms with Crippen LogP contribution in [0.3, 0.4) is 0 Å². The lowest BCUT2D eigenvalue weighted by Gasteiger charge is -2.22. The van der Waals surface area contributed by atoms with E-state index < -0.39 is 82.0 Å². The van der Waals surface area contributed by atoms with Crippen LogP contribution in [0.4, 0.5) is 36.8 Å². The molecule has 0 radical (unpaired) electrons. The van der Waals surface area contributed by atoms with Gasteiger partial charge in [-0.05, 0) is 88.8 Å². The smallest absolute Gasteiger partial charge is 0.416 e. The van der Waals surface area contributed by atoms with Crippen molar-refractivity contribution in [2.45, 2.75) is 90.3 Å². The number of rotatable bonds is 13. The fraction of sp³-hybridized carbons (Fsp3) is 0.500. The fourth-order valence-electron chi connectivity index (χ4n) is 4.26. The SMILES string of the molecule is CC(C)C[C@H](NC(=O)[C@@H](N)CCCCNC(=O)OC(C)(C)C)C(=O)Oc1ccc(Cl)cc1C(=O)Nc1cc(C(F)(F)F)cc(C(F)(F)F)c1. The molecule has 0 spiro atoms. The van der Waals surface area contributed by atoms with Gasteiger partial charge < -0.3 is 31.2 Å². The van der Waals surface area contributed by atoms with Gasteiger partial charge >= 0.3 is 24.4 Å². The number of hydrogen-bond acceptors (Lipinski definition) is 7. The predicted molar refractivity (Wildman–Crippen MR) is 169 cm³/mol. The zero-order valence-electron chi connectivity index (χ0n) is 27.4. The number of nitrogens with two attached hydrogens (primary N) is 1. The highest BCUT2D eigenvalue weighted by atomic mass is 35.5. The van der Waals surface area contributed by atoms with E-state index in [0.717, 1.165) is 12.1 Å². The molecule has 0 saturated carbocycles. The first kappa shape index (κ1) is 41.1. The largest absolute Gasteiger partial charge is 0.444 e. The molecule has 0 fully saturated rings. The molecular formula is C32H39ClF6N4O6. The van der Waals surface area contributed by atoms with E-state index in [-0.39, 0.29) is 36.4 Å². The molecule has 17 heteroatoms. The number of carbonyl (C=O) groups is 4. The first-order valence-electron chi connectivity index (χ1n) is 15.1. The molecule has 0 bridgehead atoms. The summed E-state index contributed by atoms with van der Waals surface area (Å²) in [4.78, 5) is 51.0. The highest BCUT2D eigenvalue weighted by Gasteiger charge is 2.37. The van der Waals surface area contributed by atoms with Crippen LogP contribution in [0.5, 0.6) is 5.75 Å². The molecule has 0 saturated heterocycles. The van der Waals surface area contributed by atoms with Crippen molar-refractivity contribution in [3.63, 3.8) is 0 Å². The molecule has 10 nitrogen and oxygen atoms in total. The van der Waals surface area contributed by atoms with Crippen molar-refractivity contribution in [3.8, 4) is 5.75 Å². The Morgan fingerprint density at radius 3 is 2.02 bits per heavy atom. The van der Waals surface area contributed by atoms with Gasteiger partial charge in [0.15, 0.2) is 0 Å². The molecule has 5 N–H and O–H groups in total. The normalized spacial score (nSPS) is 13.3. The van der Waals surface area contributed by atoms with Crippen LogP contribution in [0.25, 0.3) is 0 Å². The molecule has 49 heavy (non-hydrogen) atoms. The molecule has 0 aliphatic heterocycles. The maximum Gasteiger partial charge on any atom is 0.416 e. The Morgan fingerprint density at radius 1 is 0.898 bits per heavy atom. The van der Waals surface area contributed by atoms with E-state index in [4.69, 9.17) is 26.8 Å². The van der Waals surface area contributed by atoms with E-state index in [1.54, 1.807) is 34.6 Å². The molecule has 2 rings (SSSR count). The van der Waals surface area contributed by atoms with Crippen molar-refractivity contribution in [1.82, 2.24) is 10.6 Å². The van der Waals surface area contributed by atoms with E-state index in [1.165, 1.54) is 6.07 Å². The van der Waals surface area contributed by atoms with Gasteiger partial charge in [0.1, 0.15) is 17.4 Å². The van der Waals surface area contributed by atoms with Crippen molar-refractivity contribution < 1.29 is 55.0 Å². The van der Waals surface area contributed by atoms with Crippen molar-refractivity contribution >= 4 is 41.2 Å². The van der Waals surface area contributed by atoms with Crippen LogP contribution in [0, 0.1) is 5.92 Å². The summed E-state index contributed by atoms with van der Waals surface area (Å²) in [6.45, 7) is 8.97. The number of esters is 1. The molecule has 0 unspecified atom stereocenters. The van der Waals surface area contributed by atoms with Gasteiger partial charge in [-0.15, -0.1) is 0 Å². The maximum atomic E-state index is 13.3. The standard InChI is InChI=1S/C32H39ClF6N4O6/c1-17(2)12-24(43-27(45)23(40)8-6-7-11-41-29(47)49-30(3,4)5)28(46)48-25-10-9-20(33)16-22(25)26(44)42-21-14-18(31(34,35)36)13-19(15-21)32(37,38)39/h9-10,13-17,23-24H,6-8,11-12,40H2,1-5H3,(H,41,47)(H,42,44)(H,43,45)/t23-,24-/m0/s1. The number of anilines is 1. The van der Waals surface area contributed by atoms with Gasteiger partial charge in [-0.25, -0.2) is 9.59 Å². The molecule has 2 atom stereocenters. The summed E-state index contributed by atoms with van der Waals surface area (Å²) in [6, 6.07) is 1.59. The van der Waals surface area contributed by atoms with Crippen LogP contribution in [0.15, 0.2) is 36.4 Å². The third kappa shape index (κ3) is 14.1. The summed E-state index contributed by atoms with van der Waals surface area (Å²) in [5, 5.41) is 7.02. The van der Waals surface area contributed by atoms with Crippen LogP contribution in [0.1, 0.15) is 81.8 Å². The molecule has 2 aromatic carbocycles. The topological polar surface area (TPSA) is 149 Å². The Balaban J connectivity index is 2.16. The maximum absolute atomic E-state index is 13.3. The number of benzene rings is 2. The number of alkyl halides is 6. The average Bonchev–Trinajstić information content (AvgIpc) is 2.95. The number of alkyl carbamates (subject to hydrolysis) is 1. The Hall–Kier alpha value is -4.05. The summed E-state index contributed by atoms with van der Waals surface area (Å²) < 4.78 is 90.4. The number of ether oxygens (including phenoxy) is 2. The van der Waals surface area contributed by atoms with E-state index >= 15 is 0 Å². The van der Waals surface area contributed by atoms with E-state index in [1.807, 2.05) is 5.32 Å². The summed E-state index contributed by atoms with van der Waals surface area (Å²) in [5.74, 6) is -3.51. The van der Waals surface area contributed by atoms with Crippen molar-refractivity contribution in [1.29, 1.82) is 0 Å².